The van der Waals surface area contributed by atoms with Crippen molar-refractivity contribution in [3.05, 3.63) is 33.8 Å². The molecule has 2 atom stereocenters. The number of methoxy groups -OCH3 is 1. The van der Waals surface area contributed by atoms with Crippen LogP contribution in [0.5, 0.6) is 0 Å². The van der Waals surface area contributed by atoms with Crippen LogP contribution in [-0.2, 0) is 19.9 Å². The largest absolute Gasteiger partial charge is 0.467 e. The molecule has 0 unspecified atom stereocenters. The van der Waals surface area contributed by atoms with Crippen LogP contribution in [0.1, 0.15) is 38.3 Å². The number of rotatable bonds is 2. The van der Waals surface area contributed by atoms with E-state index in [0.717, 1.165) is 10.0 Å². The Morgan fingerprint density at radius 2 is 2.00 bits per heavy atom. The summed E-state index contributed by atoms with van der Waals surface area (Å²) in [5.74, 6) is -0.574. The monoisotopic (exact) mass is 413 g/mol. The summed E-state index contributed by atoms with van der Waals surface area (Å²) in [6, 6.07) is 4.57. The molecule has 0 bridgehead atoms. The summed E-state index contributed by atoms with van der Waals surface area (Å²) in [5.41, 5.74) is -0.446. The van der Waals surface area contributed by atoms with E-state index in [1.807, 2.05) is 19.1 Å². The number of hydrogen-bond acceptors (Lipinski definition) is 5. The summed E-state index contributed by atoms with van der Waals surface area (Å²) < 4.78 is 11.1. The van der Waals surface area contributed by atoms with Crippen molar-refractivity contribution in [2.45, 2.75) is 51.4 Å². The number of hydrogen-bond donors (Lipinski definition) is 1. The highest BCUT2D eigenvalue weighted by Crippen LogP contribution is 2.38. The second-order valence-electron chi connectivity index (χ2n) is 7.35. The van der Waals surface area contributed by atoms with Gasteiger partial charge in [-0.25, -0.2) is 9.59 Å². The Labute approximate surface area is 156 Å². The van der Waals surface area contributed by atoms with Crippen LogP contribution in [0.15, 0.2) is 22.7 Å². The van der Waals surface area contributed by atoms with Crippen molar-refractivity contribution < 1.29 is 24.2 Å². The van der Waals surface area contributed by atoms with Crippen molar-refractivity contribution >= 4 is 28.0 Å². The first kappa shape index (κ1) is 19.7. The van der Waals surface area contributed by atoms with Crippen LogP contribution >= 0.6 is 15.9 Å². The van der Waals surface area contributed by atoms with Crippen LogP contribution in [0, 0.1) is 6.92 Å². The second kappa shape index (κ2) is 6.96. The molecule has 1 aliphatic heterocycles. The molecule has 6 nitrogen and oxygen atoms in total. The molecule has 138 valence electrons. The Morgan fingerprint density at radius 3 is 2.52 bits per heavy atom. The molecule has 1 heterocycles. The molecule has 0 aliphatic carbocycles. The number of ether oxygens (including phenoxy) is 2. The fourth-order valence-electron chi connectivity index (χ4n) is 2.89. The summed E-state index contributed by atoms with van der Waals surface area (Å²) in [6.45, 7) is 7.12. The third-order valence-corrected chi connectivity index (χ3v) is 5.03. The number of esters is 1. The van der Waals surface area contributed by atoms with E-state index in [1.54, 1.807) is 26.8 Å². The highest BCUT2D eigenvalue weighted by Gasteiger charge is 2.50. The van der Waals surface area contributed by atoms with E-state index in [-0.39, 0.29) is 13.0 Å². The van der Waals surface area contributed by atoms with Gasteiger partial charge in [-0.05, 0) is 44.9 Å². The molecule has 0 radical (unpaired) electrons. The van der Waals surface area contributed by atoms with Crippen LogP contribution in [0.25, 0.3) is 0 Å². The molecule has 0 aromatic heterocycles. The van der Waals surface area contributed by atoms with Gasteiger partial charge in [0, 0.05) is 10.9 Å². The Bertz CT molecular complexity index is 685. The lowest BCUT2D eigenvalue weighted by atomic mass is 9.90. The molecule has 0 saturated carbocycles. The number of benzene rings is 1. The van der Waals surface area contributed by atoms with Crippen LogP contribution in [0.4, 0.5) is 4.79 Å². The second-order valence-corrected chi connectivity index (χ2v) is 8.20. The number of nitrogens with zero attached hydrogens (tertiary/aromatic N) is 1. The quantitative estimate of drug-likeness (QED) is 0.753. The Morgan fingerprint density at radius 1 is 1.36 bits per heavy atom. The maximum Gasteiger partial charge on any atom is 0.411 e. The smallest absolute Gasteiger partial charge is 0.411 e. The van der Waals surface area contributed by atoms with Gasteiger partial charge in [0.25, 0.3) is 0 Å². The van der Waals surface area contributed by atoms with Gasteiger partial charge in [0.05, 0.1) is 13.7 Å². The van der Waals surface area contributed by atoms with Crippen molar-refractivity contribution in [1.82, 2.24) is 4.90 Å². The van der Waals surface area contributed by atoms with E-state index in [4.69, 9.17) is 9.47 Å². The minimum atomic E-state index is -1.35. The van der Waals surface area contributed by atoms with Gasteiger partial charge in [0.15, 0.2) is 0 Å². The Balaban J connectivity index is 2.35. The number of amides is 1. The summed E-state index contributed by atoms with van der Waals surface area (Å²) >= 11 is 3.43. The molecule has 1 aromatic rings. The van der Waals surface area contributed by atoms with Gasteiger partial charge in [0.1, 0.15) is 17.2 Å². The average Bonchev–Trinajstić information content (AvgIpc) is 2.87. The van der Waals surface area contributed by atoms with Gasteiger partial charge in [-0.1, -0.05) is 28.1 Å². The summed E-state index contributed by atoms with van der Waals surface area (Å²) in [7, 11) is 1.26. The predicted octanol–water partition coefficient (Wildman–Crippen LogP) is 3.13. The van der Waals surface area contributed by atoms with Crippen LogP contribution in [0.3, 0.4) is 0 Å². The van der Waals surface area contributed by atoms with Crippen molar-refractivity contribution in [3.63, 3.8) is 0 Å². The first-order chi connectivity index (χ1) is 11.5. The van der Waals surface area contributed by atoms with Gasteiger partial charge in [-0.15, -0.1) is 0 Å². The number of likely N-dealkylation sites (tertiary alicyclic amines) is 1. The first-order valence-electron chi connectivity index (χ1n) is 8.03. The lowest BCUT2D eigenvalue weighted by Crippen LogP contribution is -2.44. The maximum atomic E-state index is 12.5. The molecule has 1 aliphatic rings. The summed E-state index contributed by atoms with van der Waals surface area (Å²) in [6.07, 6.45) is -0.590. The van der Waals surface area contributed by atoms with Crippen molar-refractivity contribution in [3.8, 4) is 0 Å². The fourth-order valence-corrected chi connectivity index (χ4v) is 3.14. The highest BCUT2D eigenvalue weighted by molar-refractivity contribution is 9.10. The minimum Gasteiger partial charge on any atom is -0.467 e. The highest BCUT2D eigenvalue weighted by atomic mass is 79.9. The number of aliphatic hydroxyl groups is 1. The number of β-amino-alcohol motifs (C(OH)–C–C–N with tert-alkyl or cyclic N) is 1. The van der Waals surface area contributed by atoms with Gasteiger partial charge in [-0.2, -0.15) is 0 Å². The van der Waals surface area contributed by atoms with E-state index in [9.17, 15) is 14.7 Å². The fraction of sp³-hybridized carbons (Fsp3) is 0.556. The molecule has 1 amide bonds. The number of halogens is 1. The zero-order valence-corrected chi connectivity index (χ0v) is 16.7. The van der Waals surface area contributed by atoms with Crippen molar-refractivity contribution in [2.75, 3.05) is 13.7 Å². The Hall–Kier alpha value is -1.60. The van der Waals surface area contributed by atoms with Gasteiger partial charge in [-0.3, -0.25) is 4.90 Å². The summed E-state index contributed by atoms with van der Waals surface area (Å²) in [4.78, 5) is 25.9. The van der Waals surface area contributed by atoms with E-state index >= 15 is 0 Å². The normalized spacial score (nSPS) is 23.5. The number of carbonyl (C=O) groups is 2. The molecule has 2 rings (SSSR count). The molecule has 1 aromatic carbocycles. The first-order valence-corrected chi connectivity index (χ1v) is 8.82. The molecule has 1 N–H and O–H groups in total. The van der Waals surface area contributed by atoms with Crippen LogP contribution < -0.4 is 0 Å². The molecule has 0 spiro atoms. The molecule has 25 heavy (non-hydrogen) atoms. The molecular formula is C18H24BrNO5. The van der Waals surface area contributed by atoms with E-state index in [2.05, 4.69) is 15.9 Å². The third kappa shape index (κ3) is 4.33. The Kier molecular flexibility index (Phi) is 5.49. The zero-order valence-electron chi connectivity index (χ0n) is 15.1. The molecule has 1 fully saturated rings. The number of aryl methyl sites for hydroxylation is 1. The maximum absolute atomic E-state index is 12.5. The topological polar surface area (TPSA) is 76.1 Å². The van der Waals surface area contributed by atoms with Gasteiger partial charge in [0.2, 0.25) is 0 Å². The van der Waals surface area contributed by atoms with Crippen LogP contribution in [0.2, 0.25) is 0 Å². The summed E-state index contributed by atoms with van der Waals surface area (Å²) in [5, 5.41) is 11.1. The third-order valence-electron chi connectivity index (χ3n) is 4.14. The predicted molar refractivity (Wildman–Crippen MR) is 96.1 cm³/mol. The average molecular weight is 414 g/mol. The standard InChI is InChI=1S/C18H24BrNO5/c1-11-8-12(6-7-13(11)19)18(23)9-14(15(21)24-5)20(10-18)16(22)25-17(2,3)4/h6-8,14,23H,9-10H2,1-5H3/t14-,18-/m0/s1. The SMILES string of the molecule is COC(=O)[C@@H]1C[C@@](O)(c2ccc(Br)c(C)c2)CN1C(=O)OC(C)(C)C. The molecule has 7 heteroatoms. The van der Waals surface area contributed by atoms with E-state index in [1.165, 1.54) is 12.0 Å². The van der Waals surface area contributed by atoms with Crippen molar-refractivity contribution in [1.29, 1.82) is 0 Å². The zero-order chi connectivity index (χ0) is 19.0. The van der Waals surface area contributed by atoms with E-state index < -0.39 is 29.3 Å². The molecular weight excluding hydrogens is 390 g/mol. The lowest BCUT2D eigenvalue weighted by Gasteiger charge is -2.28. The van der Waals surface area contributed by atoms with Gasteiger partial charge < -0.3 is 14.6 Å². The van der Waals surface area contributed by atoms with Crippen molar-refractivity contribution in [2.24, 2.45) is 0 Å². The molecule has 1 saturated heterocycles. The number of carbonyl (C=O) groups excluding carboxylic acids is 2. The van der Waals surface area contributed by atoms with E-state index in [0.29, 0.717) is 5.56 Å². The minimum absolute atomic E-state index is 0.0389. The lowest BCUT2D eigenvalue weighted by molar-refractivity contribution is -0.145. The van der Waals surface area contributed by atoms with Crippen LogP contribution in [-0.4, -0.2) is 47.4 Å². The van der Waals surface area contributed by atoms with Gasteiger partial charge >= 0.3 is 12.1 Å².